The average molecular weight is 308 g/mol. The van der Waals surface area contributed by atoms with E-state index in [9.17, 15) is 4.79 Å². The molecule has 0 aromatic heterocycles. The van der Waals surface area contributed by atoms with E-state index in [1.807, 2.05) is 30.3 Å². The second-order valence-corrected chi connectivity index (χ2v) is 4.90. The summed E-state index contributed by atoms with van der Waals surface area (Å²) in [5, 5.41) is 4.99. The Labute approximate surface area is 114 Å². The van der Waals surface area contributed by atoms with Crippen LogP contribution >= 0.6 is 15.9 Å². The zero-order chi connectivity index (χ0) is 13.0. The summed E-state index contributed by atoms with van der Waals surface area (Å²) in [5.41, 5.74) is 0. The number of hydrogen-bond acceptors (Lipinski definition) is 2. The second-order valence-electron chi connectivity index (χ2n) is 3.98. The van der Waals surface area contributed by atoms with Gasteiger partial charge in [0.15, 0.2) is 0 Å². The molecule has 3 nitrogen and oxygen atoms in total. The molecule has 2 aromatic rings. The Morgan fingerprint density at radius 3 is 2.72 bits per heavy atom. The fraction of sp³-hybridized carbons (Fsp3) is 0.214. The van der Waals surface area contributed by atoms with Crippen LogP contribution in [0.25, 0.3) is 10.8 Å². The molecule has 0 heterocycles. The van der Waals surface area contributed by atoms with Crippen molar-refractivity contribution in [2.24, 2.45) is 0 Å². The van der Waals surface area contributed by atoms with Crippen molar-refractivity contribution < 1.29 is 9.53 Å². The van der Waals surface area contributed by atoms with Gasteiger partial charge >= 0.3 is 0 Å². The second kappa shape index (κ2) is 5.87. The Morgan fingerprint density at radius 1 is 1.22 bits per heavy atom. The van der Waals surface area contributed by atoms with Crippen LogP contribution in [0.5, 0.6) is 5.75 Å². The zero-order valence-electron chi connectivity index (χ0n) is 10.1. The first-order chi connectivity index (χ1) is 8.65. The van der Waals surface area contributed by atoms with Gasteiger partial charge in [-0.15, -0.1) is 0 Å². The number of benzene rings is 2. The van der Waals surface area contributed by atoms with E-state index >= 15 is 0 Å². The fourth-order valence-electron chi connectivity index (χ4n) is 1.68. The van der Waals surface area contributed by atoms with E-state index in [-0.39, 0.29) is 5.91 Å². The zero-order valence-corrected chi connectivity index (χ0v) is 11.7. The normalized spacial score (nSPS) is 10.3. The number of rotatable bonds is 4. The Morgan fingerprint density at radius 2 is 1.94 bits per heavy atom. The van der Waals surface area contributed by atoms with Crippen LogP contribution in [0.4, 0.5) is 0 Å². The van der Waals surface area contributed by atoms with Crippen molar-refractivity contribution in [1.29, 1.82) is 0 Å². The Balaban J connectivity index is 2.01. The molecular formula is C14H14BrNO2. The van der Waals surface area contributed by atoms with Gasteiger partial charge in [-0.25, -0.2) is 0 Å². The molecule has 1 N–H and O–H groups in total. The maximum absolute atomic E-state index is 10.7. The summed E-state index contributed by atoms with van der Waals surface area (Å²) < 4.78 is 6.63. The van der Waals surface area contributed by atoms with E-state index in [0.29, 0.717) is 13.2 Å². The van der Waals surface area contributed by atoms with Gasteiger partial charge in [-0.3, -0.25) is 4.79 Å². The lowest BCUT2D eigenvalue weighted by atomic mass is 10.1. The van der Waals surface area contributed by atoms with Gasteiger partial charge in [-0.05, 0) is 35.0 Å². The molecule has 0 bridgehead atoms. The number of nitrogens with one attached hydrogen (secondary N) is 1. The van der Waals surface area contributed by atoms with E-state index in [0.717, 1.165) is 15.6 Å². The van der Waals surface area contributed by atoms with Gasteiger partial charge in [0.2, 0.25) is 5.91 Å². The van der Waals surface area contributed by atoms with E-state index in [1.165, 1.54) is 12.3 Å². The van der Waals surface area contributed by atoms with Crippen LogP contribution in [0.3, 0.4) is 0 Å². The maximum Gasteiger partial charge on any atom is 0.216 e. The summed E-state index contributed by atoms with van der Waals surface area (Å²) in [6.07, 6.45) is 0. The first-order valence-corrected chi connectivity index (χ1v) is 6.51. The summed E-state index contributed by atoms with van der Waals surface area (Å²) >= 11 is 3.44. The van der Waals surface area contributed by atoms with Crippen LogP contribution in [0.1, 0.15) is 6.92 Å². The highest BCUT2D eigenvalue weighted by Crippen LogP contribution is 2.23. The lowest BCUT2D eigenvalue weighted by Gasteiger charge is -2.07. The molecule has 2 rings (SSSR count). The summed E-state index contributed by atoms with van der Waals surface area (Å²) in [6.45, 7) is 2.49. The van der Waals surface area contributed by atoms with Gasteiger partial charge in [-0.1, -0.05) is 28.1 Å². The summed E-state index contributed by atoms with van der Waals surface area (Å²) in [7, 11) is 0. The van der Waals surface area contributed by atoms with Crippen molar-refractivity contribution >= 4 is 32.6 Å². The van der Waals surface area contributed by atoms with Gasteiger partial charge in [0.1, 0.15) is 12.4 Å². The number of hydrogen-bond donors (Lipinski definition) is 1. The molecule has 0 unspecified atom stereocenters. The van der Waals surface area contributed by atoms with Crippen molar-refractivity contribution in [2.75, 3.05) is 13.2 Å². The third kappa shape index (κ3) is 3.47. The van der Waals surface area contributed by atoms with Crippen LogP contribution < -0.4 is 10.1 Å². The van der Waals surface area contributed by atoms with Gasteiger partial charge in [-0.2, -0.15) is 0 Å². The average Bonchev–Trinajstić information content (AvgIpc) is 2.34. The molecule has 1 amide bonds. The maximum atomic E-state index is 10.7. The number of halogens is 1. The lowest BCUT2D eigenvalue weighted by molar-refractivity contribution is -0.119. The van der Waals surface area contributed by atoms with E-state index in [4.69, 9.17) is 4.74 Å². The van der Waals surface area contributed by atoms with Gasteiger partial charge in [0.05, 0.1) is 6.54 Å². The van der Waals surface area contributed by atoms with E-state index in [1.54, 1.807) is 0 Å². The summed E-state index contributed by atoms with van der Waals surface area (Å²) in [4.78, 5) is 10.7. The molecule has 0 aliphatic heterocycles. The topological polar surface area (TPSA) is 38.3 Å². The molecule has 0 spiro atoms. The van der Waals surface area contributed by atoms with Crippen LogP contribution in [-0.2, 0) is 4.79 Å². The Kier molecular flexibility index (Phi) is 4.20. The largest absolute Gasteiger partial charge is 0.492 e. The SMILES string of the molecule is CC(=O)NCCOc1ccc2cc(Br)ccc2c1. The predicted octanol–water partition coefficient (Wildman–Crippen LogP) is 3.12. The van der Waals surface area contributed by atoms with Crippen LogP contribution in [0, 0.1) is 0 Å². The van der Waals surface area contributed by atoms with Crippen molar-refractivity contribution in [3.63, 3.8) is 0 Å². The van der Waals surface area contributed by atoms with Crippen molar-refractivity contribution in [3.05, 3.63) is 40.9 Å². The monoisotopic (exact) mass is 307 g/mol. The predicted molar refractivity (Wildman–Crippen MR) is 75.8 cm³/mol. The molecule has 0 aliphatic rings. The third-order valence-corrected chi connectivity index (χ3v) is 3.01. The fourth-order valence-corrected chi connectivity index (χ4v) is 2.06. The molecule has 4 heteroatoms. The van der Waals surface area contributed by atoms with Gasteiger partial charge in [0, 0.05) is 11.4 Å². The first kappa shape index (κ1) is 12.9. The highest BCUT2D eigenvalue weighted by atomic mass is 79.9. The van der Waals surface area contributed by atoms with E-state index in [2.05, 4.69) is 27.3 Å². The molecule has 0 atom stereocenters. The third-order valence-electron chi connectivity index (χ3n) is 2.52. The van der Waals surface area contributed by atoms with Crippen molar-refractivity contribution in [3.8, 4) is 5.75 Å². The molecule has 0 saturated heterocycles. The highest BCUT2D eigenvalue weighted by molar-refractivity contribution is 9.10. The number of fused-ring (bicyclic) bond motifs is 1. The molecule has 94 valence electrons. The standard InChI is InChI=1S/C14H14BrNO2/c1-10(17)16-6-7-18-14-5-3-11-8-13(15)4-2-12(11)9-14/h2-5,8-9H,6-7H2,1H3,(H,16,17). The molecule has 2 aromatic carbocycles. The number of ether oxygens (including phenoxy) is 1. The number of amides is 1. The molecule has 0 fully saturated rings. The quantitative estimate of drug-likeness (QED) is 0.881. The van der Waals surface area contributed by atoms with Crippen LogP contribution in [0.2, 0.25) is 0 Å². The van der Waals surface area contributed by atoms with Gasteiger partial charge in [0.25, 0.3) is 0 Å². The smallest absolute Gasteiger partial charge is 0.216 e. The van der Waals surface area contributed by atoms with Crippen LogP contribution in [0.15, 0.2) is 40.9 Å². The molecule has 18 heavy (non-hydrogen) atoms. The summed E-state index contributed by atoms with van der Waals surface area (Å²) in [5.74, 6) is 0.775. The Hall–Kier alpha value is -1.55. The lowest BCUT2D eigenvalue weighted by Crippen LogP contribution is -2.25. The minimum atomic E-state index is -0.0399. The minimum Gasteiger partial charge on any atom is -0.492 e. The molecule has 0 saturated carbocycles. The first-order valence-electron chi connectivity index (χ1n) is 5.72. The van der Waals surface area contributed by atoms with Crippen molar-refractivity contribution in [1.82, 2.24) is 5.32 Å². The van der Waals surface area contributed by atoms with Crippen LogP contribution in [-0.4, -0.2) is 19.1 Å². The Bertz CT molecular complexity index is 569. The minimum absolute atomic E-state index is 0.0399. The molecule has 0 aliphatic carbocycles. The molecule has 0 radical (unpaired) electrons. The van der Waals surface area contributed by atoms with Crippen molar-refractivity contribution in [2.45, 2.75) is 6.92 Å². The van der Waals surface area contributed by atoms with Gasteiger partial charge < -0.3 is 10.1 Å². The van der Waals surface area contributed by atoms with E-state index < -0.39 is 0 Å². The summed E-state index contributed by atoms with van der Waals surface area (Å²) in [6, 6.07) is 12.1. The number of carbonyl (C=O) groups is 1. The highest BCUT2D eigenvalue weighted by Gasteiger charge is 1.99. The number of carbonyl (C=O) groups excluding carboxylic acids is 1. The molecular weight excluding hydrogens is 294 g/mol.